The van der Waals surface area contributed by atoms with Gasteiger partial charge in [0.15, 0.2) is 0 Å². The van der Waals surface area contributed by atoms with Crippen LogP contribution in [0.5, 0.6) is 0 Å². The molecule has 132 valence electrons. The van der Waals surface area contributed by atoms with E-state index in [1.807, 2.05) is 52.0 Å². The van der Waals surface area contributed by atoms with E-state index in [0.717, 1.165) is 34.2 Å². The fourth-order valence-electron chi connectivity index (χ4n) is 2.68. The Bertz CT molecular complexity index is 828. The normalized spacial score (nSPS) is 11.9. The molecule has 1 amide bonds. The standard InChI is InChI=1S/C20H22Cl2N2O/c1-5-7-24-20(25)13(3)12(2)17-10-16(21)11-18(14(17)4)15-6-8-23-19(22)9-15/h6,8-11H,5,7H2,1-4H3,(H,24,25)/b13-12+. The highest BCUT2D eigenvalue weighted by atomic mass is 35.5. The first-order valence-corrected chi connectivity index (χ1v) is 8.98. The van der Waals surface area contributed by atoms with Crippen LogP contribution in [0.3, 0.4) is 0 Å². The van der Waals surface area contributed by atoms with E-state index in [9.17, 15) is 4.79 Å². The van der Waals surface area contributed by atoms with Gasteiger partial charge < -0.3 is 5.32 Å². The molecule has 2 rings (SSSR count). The molecule has 3 nitrogen and oxygen atoms in total. The van der Waals surface area contributed by atoms with Gasteiger partial charge in [-0.2, -0.15) is 0 Å². The van der Waals surface area contributed by atoms with E-state index in [2.05, 4.69) is 10.3 Å². The zero-order chi connectivity index (χ0) is 18.6. The summed E-state index contributed by atoms with van der Waals surface area (Å²) >= 11 is 12.4. The molecule has 0 saturated heterocycles. The van der Waals surface area contributed by atoms with Crippen LogP contribution in [0.15, 0.2) is 36.0 Å². The van der Waals surface area contributed by atoms with Crippen molar-refractivity contribution < 1.29 is 4.79 Å². The van der Waals surface area contributed by atoms with Crippen LogP contribution in [0.25, 0.3) is 16.7 Å². The molecule has 0 radical (unpaired) electrons. The lowest BCUT2D eigenvalue weighted by Crippen LogP contribution is -2.25. The maximum atomic E-state index is 12.3. The van der Waals surface area contributed by atoms with Crippen LogP contribution in [0, 0.1) is 6.92 Å². The van der Waals surface area contributed by atoms with E-state index < -0.39 is 0 Å². The summed E-state index contributed by atoms with van der Waals surface area (Å²) in [4.78, 5) is 16.3. The SMILES string of the molecule is CCCNC(=O)/C(C)=C(\C)c1cc(Cl)cc(-c2ccnc(Cl)c2)c1C. The molecule has 0 aliphatic carbocycles. The molecule has 2 aromatic rings. The molecule has 0 fully saturated rings. The van der Waals surface area contributed by atoms with Crippen molar-refractivity contribution in [3.63, 3.8) is 0 Å². The number of hydrogen-bond donors (Lipinski definition) is 1. The number of nitrogens with one attached hydrogen (secondary N) is 1. The molecule has 25 heavy (non-hydrogen) atoms. The van der Waals surface area contributed by atoms with E-state index in [-0.39, 0.29) is 5.91 Å². The van der Waals surface area contributed by atoms with Gasteiger partial charge in [-0.1, -0.05) is 30.1 Å². The van der Waals surface area contributed by atoms with Gasteiger partial charge in [0, 0.05) is 23.3 Å². The van der Waals surface area contributed by atoms with Crippen molar-refractivity contribution in [3.8, 4) is 11.1 Å². The van der Waals surface area contributed by atoms with Gasteiger partial charge in [-0.15, -0.1) is 0 Å². The first-order chi connectivity index (χ1) is 11.8. The molecule has 1 aromatic heterocycles. The van der Waals surface area contributed by atoms with E-state index in [1.165, 1.54) is 0 Å². The number of allylic oxidation sites excluding steroid dienone is 1. The van der Waals surface area contributed by atoms with Gasteiger partial charge in [-0.3, -0.25) is 4.79 Å². The summed E-state index contributed by atoms with van der Waals surface area (Å²) in [5.74, 6) is -0.0489. The predicted octanol–water partition coefficient (Wildman–Crippen LogP) is 5.68. The Balaban J connectivity index is 2.54. The fourth-order valence-corrected chi connectivity index (χ4v) is 3.07. The Labute approximate surface area is 159 Å². The van der Waals surface area contributed by atoms with E-state index in [0.29, 0.717) is 22.3 Å². The second-order valence-corrected chi connectivity index (χ2v) is 6.82. The third-order valence-corrected chi connectivity index (χ3v) is 4.68. The van der Waals surface area contributed by atoms with Crippen LogP contribution in [-0.4, -0.2) is 17.4 Å². The second-order valence-electron chi connectivity index (χ2n) is 6.00. The van der Waals surface area contributed by atoms with Gasteiger partial charge in [0.2, 0.25) is 5.91 Å². The lowest BCUT2D eigenvalue weighted by Gasteiger charge is -2.16. The molecule has 1 N–H and O–H groups in total. The summed E-state index contributed by atoms with van der Waals surface area (Å²) in [5, 5.41) is 3.96. The van der Waals surface area contributed by atoms with Gasteiger partial charge in [-0.25, -0.2) is 4.98 Å². The maximum Gasteiger partial charge on any atom is 0.247 e. The largest absolute Gasteiger partial charge is 0.352 e. The number of benzene rings is 1. The fraction of sp³-hybridized carbons (Fsp3) is 0.300. The quantitative estimate of drug-likeness (QED) is 0.538. The molecule has 0 saturated carbocycles. The van der Waals surface area contributed by atoms with Crippen molar-refractivity contribution >= 4 is 34.7 Å². The molecular weight excluding hydrogens is 355 g/mol. The molecule has 0 aliphatic rings. The number of aromatic nitrogens is 1. The van der Waals surface area contributed by atoms with Crippen LogP contribution < -0.4 is 5.32 Å². The zero-order valence-electron chi connectivity index (χ0n) is 14.9. The first kappa shape index (κ1) is 19.5. The Morgan fingerprint density at radius 1 is 1.20 bits per heavy atom. The number of halogens is 2. The maximum absolute atomic E-state index is 12.3. The minimum absolute atomic E-state index is 0.0489. The lowest BCUT2D eigenvalue weighted by molar-refractivity contribution is -0.117. The van der Waals surface area contributed by atoms with Gasteiger partial charge in [0.25, 0.3) is 0 Å². The summed E-state index contributed by atoms with van der Waals surface area (Å²) < 4.78 is 0. The topological polar surface area (TPSA) is 42.0 Å². The number of carbonyl (C=O) groups excluding carboxylic acids is 1. The van der Waals surface area contributed by atoms with Gasteiger partial charge in [-0.05, 0) is 79.3 Å². The average molecular weight is 377 g/mol. The number of carbonyl (C=O) groups is 1. The summed E-state index contributed by atoms with van der Waals surface area (Å²) in [6.45, 7) is 8.50. The lowest BCUT2D eigenvalue weighted by atomic mass is 9.91. The van der Waals surface area contributed by atoms with Crippen molar-refractivity contribution in [2.24, 2.45) is 0 Å². The Kier molecular flexibility index (Phi) is 6.63. The Hall–Kier alpha value is -1.84. The molecule has 0 atom stereocenters. The van der Waals surface area contributed by atoms with Gasteiger partial charge in [0.05, 0.1) is 0 Å². The summed E-state index contributed by atoms with van der Waals surface area (Å²) in [6, 6.07) is 7.51. The number of hydrogen-bond acceptors (Lipinski definition) is 2. The molecule has 0 bridgehead atoms. The minimum atomic E-state index is -0.0489. The smallest absolute Gasteiger partial charge is 0.247 e. The molecule has 0 aliphatic heterocycles. The Morgan fingerprint density at radius 3 is 2.56 bits per heavy atom. The second kappa shape index (κ2) is 8.50. The van der Waals surface area contributed by atoms with Crippen molar-refractivity contribution in [1.82, 2.24) is 10.3 Å². The van der Waals surface area contributed by atoms with Crippen LogP contribution in [0.1, 0.15) is 38.3 Å². The summed E-state index contributed by atoms with van der Waals surface area (Å²) in [5.41, 5.74) is 5.54. The number of nitrogens with zero attached hydrogens (tertiary/aromatic N) is 1. The highest BCUT2D eigenvalue weighted by Gasteiger charge is 2.14. The molecular formula is C20H22Cl2N2O. The third kappa shape index (κ3) is 4.62. The molecule has 1 aromatic carbocycles. The van der Waals surface area contributed by atoms with Gasteiger partial charge in [0.1, 0.15) is 5.15 Å². The Morgan fingerprint density at radius 2 is 1.92 bits per heavy atom. The number of pyridine rings is 1. The van der Waals surface area contributed by atoms with Crippen LogP contribution in [-0.2, 0) is 4.79 Å². The van der Waals surface area contributed by atoms with Crippen molar-refractivity contribution in [3.05, 3.63) is 57.3 Å². The molecule has 5 heteroatoms. The molecule has 1 heterocycles. The summed E-state index contributed by atoms with van der Waals surface area (Å²) in [6.07, 6.45) is 2.57. The highest BCUT2D eigenvalue weighted by molar-refractivity contribution is 6.31. The predicted molar refractivity (Wildman–Crippen MR) is 106 cm³/mol. The average Bonchev–Trinajstić information content (AvgIpc) is 2.60. The van der Waals surface area contributed by atoms with Crippen molar-refractivity contribution in [2.75, 3.05) is 6.54 Å². The summed E-state index contributed by atoms with van der Waals surface area (Å²) in [7, 11) is 0. The van der Waals surface area contributed by atoms with E-state index in [4.69, 9.17) is 23.2 Å². The first-order valence-electron chi connectivity index (χ1n) is 8.23. The van der Waals surface area contributed by atoms with Crippen LogP contribution in [0.2, 0.25) is 10.2 Å². The van der Waals surface area contributed by atoms with Gasteiger partial charge >= 0.3 is 0 Å². The monoisotopic (exact) mass is 376 g/mol. The number of amides is 1. The zero-order valence-corrected chi connectivity index (χ0v) is 16.4. The van der Waals surface area contributed by atoms with Crippen LogP contribution >= 0.6 is 23.2 Å². The van der Waals surface area contributed by atoms with Crippen molar-refractivity contribution in [1.29, 1.82) is 0 Å². The number of rotatable bonds is 5. The van der Waals surface area contributed by atoms with E-state index >= 15 is 0 Å². The minimum Gasteiger partial charge on any atom is -0.352 e. The molecule has 0 spiro atoms. The van der Waals surface area contributed by atoms with Crippen molar-refractivity contribution in [2.45, 2.75) is 34.1 Å². The molecule has 0 unspecified atom stereocenters. The van der Waals surface area contributed by atoms with E-state index in [1.54, 1.807) is 6.20 Å². The van der Waals surface area contributed by atoms with Crippen LogP contribution in [0.4, 0.5) is 0 Å². The third-order valence-electron chi connectivity index (χ3n) is 4.25. The highest BCUT2D eigenvalue weighted by Crippen LogP contribution is 2.34.